The van der Waals surface area contributed by atoms with E-state index in [1.54, 1.807) is 0 Å². The number of rotatable bonds is 4. The van der Waals surface area contributed by atoms with Crippen LogP contribution in [0.3, 0.4) is 0 Å². The van der Waals surface area contributed by atoms with E-state index < -0.39 is 0 Å². The zero-order valence-corrected chi connectivity index (χ0v) is 11.6. The Morgan fingerprint density at radius 2 is 1.50 bits per heavy atom. The van der Waals surface area contributed by atoms with E-state index in [1.807, 2.05) is 6.07 Å². The molecule has 3 nitrogen and oxygen atoms in total. The smallest absolute Gasteiger partial charge is 0.0751 e. The second kappa shape index (κ2) is 5.80. The minimum absolute atomic E-state index is 0.999. The molecule has 0 fully saturated rings. The summed E-state index contributed by atoms with van der Waals surface area (Å²) in [7, 11) is 0. The molecule has 0 bridgehead atoms. The lowest BCUT2D eigenvalue weighted by molar-refractivity contribution is 0.273. The molecule has 0 atom stereocenters. The summed E-state index contributed by atoms with van der Waals surface area (Å²) in [5.74, 6) is 0. The summed E-state index contributed by atoms with van der Waals surface area (Å²) in [5.41, 5.74) is 11.1. The summed E-state index contributed by atoms with van der Waals surface area (Å²) in [5, 5.41) is 2.07. The Balaban J connectivity index is 1.79. The van der Waals surface area contributed by atoms with Gasteiger partial charge in [0.15, 0.2) is 0 Å². The molecule has 1 aliphatic rings. The van der Waals surface area contributed by atoms with Gasteiger partial charge in [-0.3, -0.25) is 5.01 Å². The van der Waals surface area contributed by atoms with E-state index >= 15 is 0 Å². The van der Waals surface area contributed by atoms with Gasteiger partial charge in [-0.15, -0.1) is 5.53 Å². The molecule has 3 heteroatoms. The molecule has 0 amide bonds. The average Bonchev–Trinajstić information content (AvgIpc) is 2.97. The quantitative estimate of drug-likeness (QED) is 0.887. The molecule has 3 rings (SSSR count). The van der Waals surface area contributed by atoms with E-state index in [2.05, 4.69) is 77.6 Å². The van der Waals surface area contributed by atoms with Crippen molar-refractivity contribution in [3.8, 4) is 11.1 Å². The molecule has 2 aromatic rings. The molecule has 2 N–H and O–H groups in total. The molecule has 2 aromatic carbocycles. The van der Waals surface area contributed by atoms with E-state index in [0.29, 0.717) is 0 Å². The van der Waals surface area contributed by atoms with Crippen molar-refractivity contribution in [2.75, 3.05) is 6.54 Å². The van der Waals surface area contributed by atoms with Crippen LogP contribution in [0.25, 0.3) is 16.8 Å². The van der Waals surface area contributed by atoms with Crippen molar-refractivity contribution < 1.29 is 0 Å². The van der Waals surface area contributed by atoms with E-state index in [9.17, 15) is 0 Å². The molecule has 0 aromatic heterocycles. The van der Waals surface area contributed by atoms with Crippen LogP contribution in [0.1, 0.15) is 18.9 Å². The van der Waals surface area contributed by atoms with Gasteiger partial charge in [-0.2, -0.15) is 0 Å². The van der Waals surface area contributed by atoms with Gasteiger partial charge >= 0.3 is 0 Å². The predicted molar refractivity (Wildman–Crippen MR) is 83.1 cm³/mol. The van der Waals surface area contributed by atoms with Gasteiger partial charge in [0.2, 0.25) is 0 Å². The zero-order chi connectivity index (χ0) is 13.8. The molecule has 0 saturated carbocycles. The summed E-state index contributed by atoms with van der Waals surface area (Å²) in [6, 6.07) is 19.1. The Bertz CT molecular complexity index is 587. The van der Waals surface area contributed by atoms with Crippen LogP contribution in [0.2, 0.25) is 0 Å². The largest absolute Gasteiger partial charge is 0.302 e. The molecular formula is C17H19N3. The predicted octanol–water partition coefficient (Wildman–Crippen LogP) is 3.39. The topological polar surface area (TPSA) is 27.3 Å². The van der Waals surface area contributed by atoms with Crippen molar-refractivity contribution in [2.24, 2.45) is 0 Å². The van der Waals surface area contributed by atoms with Crippen LogP contribution in [0.15, 0.2) is 60.8 Å². The van der Waals surface area contributed by atoms with Crippen LogP contribution >= 0.6 is 0 Å². The lowest BCUT2D eigenvalue weighted by Crippen LogP contribution is -2.36. The number of hydrogen-bond donors (Lipinski definition) is 2. The third kappa shape index (κ3) is 2.68. The van der Waals surface area contributed by atoms with Crippen LogP contribution in [0.5, 0.6) is 0 Å². The maximum atomic E-state index is 3.20. The summed E-state index contributed by atoms with van der Waals surface area (Å²) in [6.07, 6.45) is 3.23. The number of benzene rings is 2. The van der Waals surface area contributed by atoms with E-state index in [1.165, 1.54) is 16.7 Å². The minimum atomic E-state index is 0.999. The molecule has 0 radical (unpaired) electrons. The highest BCUT2D eigenvalue weighted by molar-refractivity contribution is 5.69. The molecular weight excluding hydrogens is 246 g/mol. The summed E-state index contributed by atoms with van der Waals surface area (Å²) in [6.45, 7) is 3.17. The lowest BCUT2D eigenvalue weighted by Gasteiger charge is -2.12. The van der Waals surface area contributed by atoms with Crippen LogP contribution in [-0.4, -0.2) is 11.6 Å². The number of hydrazine groups is 2. The first kappa shape index (κ1) is 12.8. The second-order valence-electron chi connectivity index (χ2n) is 4.92. The highest BCUT2D eigenvalue weighted by Gasteiger charge is 2.11. The van der Waals surface area contributed by atoms with Crippen LogP contribution in [-0.2, 0) is 0 Å². The Hall–Kier alpha value is -2.26. The van der Waals surface area contributed by atoms with E-state index in [0.717, 1.165) is 18.7 Å². The van der Waals surface area contributed by atoms with Crippen molar-refractivity contribution in [1.29, 1.82) is 0 Å². The van der Waals surface area contributed by atoms with Crippen LogP contribution in [0.4, 0.5) is 0 Å². The van der Waals surface area contributed by atoms with Gasteiger partial charge < -0.3 is 5.43 Å². The van der Waals surface area contributed by atoms with Gasteiger partial charge in [-0.05, 0) is 17.5 Å². The second-order valence-corrected chi connectivity index (χ2v) is 4.92. The van der Waals surface area contributed by atoms with Crippen molar-refractivity contribution in [3.05, 3.63) is 66.4 Å². The van der Waals surface area contributed by atoms with Gasteiger partial charge in [-0.1, -0.05) is 61.5 Å². The van der Waals surface area contributed by atoms with Crippen molar-refractivity contribution in [2.45, 2.75) is 13.3 Å². The summed E-state index contributed by atoms with van der Waals surface area (Å²) in [4.78, 5) is 0. The molecule has 0 unspecified atom stereocenters. The fourth-order valence-corrected chi connectivity index (χ4v) is 2.33. The number of hydrogen-bond acceptors (Lipinski definition) is 3. The van der Waals surface area contributed by atoms with Crippen molar-refractivity contribution in [1.82, 2.24) is 16.0 Å². The molecule has 1 aliphatic heterocycles. The number of nitrogens with one attached hydrogen (secondary N) is 2. The maximum absolute atomic E-state index is 3.20. The standard InChI is InChI=1S/C17H19N3/c1-2-12-20-13-17(18-19-20)16-10-8-15(9-11-16)14-6-4-3-5-7-14/h3-11,13,18-19H,2,12H2,1H3. The van der Waals surface area contributed by atoms with Gasteiger partial charge in [0.25, 0.3) is 0 Å². The minimum Gasteiger partial charge on any atom is -0.302 e. The van der Waals surface area contributed by atoms with Crippen molar-refractivity contribution >= 4 is 5.70 Å². The lowest BCUT2D eigenvalue weighted by atomic mass is 10.0. The fraction of sp³-hybridized carbons (Fsp3) is 0.176. The first-order valence-electron chi connectivity index (χ1n) is 7.03. The first-order chi connectivity index (χ1) is 9.86. The Morgan fingerprint density at radius 1 is 0.850 bits per heavy atom. The molecule has 102 valence electrons. The third-order valence-corrected chi connectivity index (χ3v) is 3.39. The van der Waals surface area contributed by atoms with Crippen molar-refractivity contribution in [3.63, 3.8) is 0 Å². The van der Waals surface area contributed by atoms with E-state index in [4.69, 9.17) is 0 Å². The highest BCUT2D eigenvalue weighted by atomic mass is 15.7. The van der Waals surface area contributed by atoms with Crippen LogP contribution in [0, 0.1) is 0 Å². The monoisotopic (exact) mass is 265 g/mol. The fourth-order valence-electron chi connectivity index (χ4n) is 2.33. The molecule has 0 saturated heterocycles. The Morgan fingerprint density at radius 3 is 2.20 bits per heavy atom. The molecule has 0 aliphatic carbocycles. The average molecular weight is 265 g/mol. The Labute approximate surface area is 119 Å². The SMILES string of the molecule is CCCN1C=C(c2ccc(-c3ccccc3)cc2)NN1. The maximum Gasteiger partial charge on any atom is 0.0751 e. The van der Waals surface area contributed by atoms with Gasteiger partial charge in [0.1, 0.15) is 0 Å². The van der Waals surface area contributed by atoms with Gasteiger partial charge in [0, 0.05) is 18.3 Å². The number of nitrogens with zero attached hydrogens (tertiary/aromatic N) is 1. The summed E-state index contributed by atoms with van der Waals surface area (Å²) < 4.78 is 0. The zero-order valence-electron chi connectivity index (χ0n) is 11.6. The molecule has 20 heavy (non-hydrogen) atoms. The first-order valence-corrected chi connectivity index (χ1v) is 7.03. The van der Waals surface area contributed by atoms with Gasteiger partial charge in [0.05, 0.1) is 5.70 Å². The molecule has 0 spiro atoms. The molecule has 1 heterocycles. The van der Waals surface area contributed by atoms with Gasteiger partial charge in [-0.25, -0.2) is 0 Å². The normalized spacial score (nSPS) is 14.1. The van der Waals surface area contributed by atoms with Crippen LogP contribution < -0.4 is 11.0 Å². The Kier molecular flexibility index (Phi) is 3.70. The van der Waals surface area contributed by atoms with E-state index in [-0.39, 0.29) is 0 Å². The highest BCUT2D eigenvalue weighted by Crippen LogP contribution is 2.22. The third-order valence-electron chi connectivity index (χ3n) is 3.39. The summed E-state index contributed by atoms with van der Waals surface area (Å²) >= 11 is 0.